The van der Waals surface area contributed by atoms with Gasteiger partial charge in [0.2, 0.25) is 0 Å². The summed E-state index contributed by atoms with van der Waals surface area (Å²) in [6.45, 7) is 6.37. The molecule has 1 aliphatic carbocycles. The topological polar surface area (TPSA) is 15.3 Å². The zero-order chi connectivity index (χ0) is 11.0. The summed E-state index contributed by atoms with van der Waals surface area (Å²) in [6.07, 6.45) is 10.1. The van der Waals surface area contributed by atoms with Crippen molar-refractivity contribution >= 4 is 0 Å². The largest absolute Gasteiger partial charge is 0.311 e. The average Bonchev–Trinajstić information content (AvgIpc) is 2.26. The summed E-state index contributed by atoms with van der Waals surface area (Å²) in [4.78, 5) is 2.74. The van der Waals surface area contributed by atoms with E-state index in [1.807, 2.05) is 0 Å². The van der Waals surface area contributed by atoms with E-state index >= 15 is 0 Å². The summed E-state index contributed by atoms with van der Waals surface area (Å²) < 4.78 is 0. The van der Waals surface area contributed by atoms with Crippen molar-refractivity contribution in [2.45, 2.75) is 63.5 Å². The van der Waals surface area contributed by atoms with Crippen LogP contribution >= 0.6 is 0 Å². The maximum atomic E-state index is 3.85. The van der Waals surface area contributed by atoms with Gasteiger partial charge in [-0.25, -0.2) is 0 Å². The van der Waals surface area contributed by atoms with Gasteiger partial charge in [0.05, 0.1) is 0 Å². The maximum absolute atomic E-state index is 3.85. The van der Waals surface area contributed by atoms with Gasteiger partial charge < -0.3 is 5.32 Å². The van der Waals surface area contributed by atoms with Crippen LogP contribution in [0.1, 0.15) is 51.9 Å². The molecule has 2 saturated heterocycles. The Balaban J connectivity index is 1.60. The summed E-state index contributed by atoms with van der Waals surface area (Å²) in [5.74, 6) is 0.956. The van der Waals surface area contributed by atoms with Crippen LogP contribution in [0, 0.1) is 5.92 Å². The quantitative estimate of drug-likeness (QED) is 0.733. The SMILES string of the molecule is CC1CN(C2CCNC3(CCCCC3)C2)C1. The molecule has 0 bridgehead atoms. The van der Waals surface area contributed by atoms with Gasteiger partial charge in [-0.1, -0.05) is 26.2 Å². The van der Waals surface area contributed by atoms with Crippen LogP contribution in [0.3, 0.4) is 0 Å². The van der Waals surface area contributed by atoms with E-state index in [0.717, 1.165) is 12.0 Å². The van der Waals surface area contributed by atoms with E-state index in [1.165, 1.54) is 64.6 Å². The molecule has 0 aromatic carbocycles. The lowest BCUT2D eigenvalue weighted by atomic mass is 9.74. The Morgan fingerprint density at radius 2 is 1.88 bits per heavy atom. The number of hydrogen-bond donors (Lipinski definition) is 1. The van der Waals surface area contributed by atoms with Crippen molar-refractivity contribution in [3.63, 3.8) is 0 Å². The number of likely N-dealkylation sites (tertiary alicyclic amines) is 1. The fraction of sp³-hybridized carbons (Fsp3) is 1.00. The predicted octanol–water partition coefficient (Wildman–Crippen LogP) is 2.39. The molecule has 0 aromatic rings. The van der Waals surface area contributed by atoms with E-state index in [9.17, 15) is 0 Å². The van der Waals surface area contributed by atoms with Crippen molar-refractivity contribution in [2.75, 3.05) is 19.6 Å². The van der Waals surface area contributed by atoms with Gasteiger partial charge in [-0.15, -0.1) is 0 Å². The molecule has 0 amide bonds. The van der Waals surface area contributed by atoms with Gasteiger partial charge in [0, 0.05) is 24.7 Å². The molecule has 1 saturated carbocycles. The van der Waals surface area contributed by atoms with Crippen LogP contribution in [0.15, 0.2) is 0 Å². The Bertz CT molecular complexity index is 234. The second-order valence-corrected chi connectivity index (χ2v) is 6.47. The Labute approximate surface area is 99.8 Å². The number of hydrogen-bond acceptors (Lipinski definition) is 2. The van der Waals surface area contributed by atoms with Crippen LogP contribution in [0.2, 0.25) is 0 Å². The zero-order valence-corrected chi connectivity index (χ0v) is 10.7. The van der Waals surface area contributed by atoms with Crippen LogP contribution in [-0.4, -0.2) is 36.1 Å². The summed E-state index contributed by atoms with van der Waals surface area (Å²) >= 11 is 0. The lowest BCUT2D eigenvalue weighted by Crippen LogP contribution is -2.60. The molecule has 0 aromatic heterocycles. The van der Waals surface area contributed by atoms with E-state index in [2.05, 4.69) is 17.1 Å². The minimum absolute atomic E-state index is 0.542. The maximum Gasteiger partial charge on any atom is 0.0196 e. The van der Waals surface area contributed by atoms with Crippen molar-refractivity contribution < 1.29 is 0 Å². The molecule has 1 spiro atoms. The van der Waals surface area contributed by atoms with Crippen molar-refractivity contribution in [3.05, 3.63) is 0 Å². The van der Waals surface area contributed by atoms with Crippen LogP contribution < -0.4 is 5.32 Å². The van der Waals surface area contributed by atoms with E-state index in [-0.39, 0.29) is 0 Å². The number of nitrogens with one attached hydrogen (secondary N) is 1. The normalized spacial score (nSPS) is 36.2. The molecule has 3 fully saturated rings. The van der Waals surface area contributed by atoms with Crippen molar-refractivity contribution in [1.29, 1.82) is 0 Å². The molecule has 1 N–H and O–H groups in total. The Morgan fingerprint density at radius 1 is 1.12 bits per heavy atom. The molecule has 2 nitrogen and oxygen atoms in total. The van der Waals surface area contributed by atoms with Crippen LogP contribution in [-0.2, 0) is 0 Å². The first-order valence-corrected chi connectivity index (χ1v) is 7.27. The van der Waals surface area contributed by atoms with E-state index < -0.39 is 0 Å². The Kier molecular flexibility index (Phi) is 2.97. The molecule has 3 aliphatic rings. The number of piperidine rings is 1. The fourth-order valence-corrected chi connectivity index (χ4v) is 4.10. The standard InChI is InChI=1S/C14H26N2/c1-12-10-16(11-12)13-5-8-15-14(9-13)6-3-2-4-7-14/h12-13,15H,2-11H2,1H3. The van der Waals surface area contributed by atoms with Crippen LogP contribution in [0.25, 0.3) is 0 Å². The number of rotatable bonds is 1. The van der Waals surface area contributed by atoms with Gasteiger partial charge >= 0.3 is 0 Å². The summed E-state index contributed by atoms with van der Waals surface area (Å²) in [5, 5.41) is 3.85. The first kappa shape index (κ1) is 11.0. The highest BCUT2D eigenvalue weighted by Crippen LogP contribution is 2.37. The van der Waals surface area contributed by atoms with Crippen molar-refractivity contribution in [3.8, 4) is 0 Å². The molecule has 92 valence electrons. The second-order valence-electron chi connectivity index (χ2n) is 6.47. The molecule has 2 heterocycles. The van der Waals surface area contributed by atoms with Crippen molar-refractivity contribution in [2.24, 2.45) is 5.92 Å². The molecule has 16 heavy (non-hydrogen) atoms. The third kappa shape index (κ3) is 2.02. The van der Waals surface area contributed by atoms with Gasteiger partial charge in [0.25, 0.3) is 0 Å². The second kappa shape index (κ2) is 4.30. The summed E-state index contributed by atoms with van der Waals surface area (Å²) in [7, 11) is 0. The zero-order valence-electron chi connectivity index (χ0n) is 10.7. The van der Waals surface area contributed by atoms with Gasteiger partial charge in [-0.2, -0.15) is 0 Å². The molecule has 1 atom stereocenters. The Morgan fingerprint density at radius 3 is 2.56 bits per heavy atom. The first-order valence-electron chi connectivity index (χ1n) is 7.27. The van der Waals surface area contributed by atoms with Gasteiger partial charge in [-0.05, 0) is 38.1 Å². The van der Waals surface area contributed by atoms with Gasteiger partial charge in [0.15, 0.2) is 0 Å². The Hall–Kier alpha value is -0.0800. The number of nitrogens with zero attached hydrogens (tertiary/aromatic N) is 1. The van der Waals surface area contributed by atoms with E-state index in [0.29, 0.717) is 5.54 Å². The predicted molar refractivity (Wildman–Crippen MR) is 67.6 cm³/mol. The van der Waals surface area contributed by atoms with E-state index in [1.54, 1.807) is 0 Å². The fourth-order valence-electron chi connectivity index (χ4n) is 4.10. The van der Waals surface area contributed by atoms with E-state index in [4.69, 9.17) is 0 Å². The molecule has 0 radical (unpaired) electrons. The average molecular weight is 222 g/mol. The molecular formula is C14H26N2. The minimum atomic E-state index is 0.542. The highest BCUT2D eigenvalue weighted by atomic mass is 15.2. The smallest absolute Gasteiger partial charge is 0.0196 e. The lowest BCUT2D eigenvalue weighted by molar-refractivity contribution is 0.0141. The third-order valence-electron chi connectivity index (χ3n) is 5.02. The highest BCUT2D eigenvalue weighted by Gasteiger charge is 2.40. The lowest BCUT2D eigenvalue weighted by Gasteiger charge is -2.51. The molecule has 2 aliphatic heterocycles. The minimum Gasteiger partial charge on any atom is -0.311 e. The third-order valence-corrected chi connectivity index (χ3v) is 5.02. The van der Waals surface area contributed by atoms with Gasteiger partial charge in [0.1, 0.15) is 0 Å². The molecule has 2 heteroatoms. The summed E-state index contributed by atoms with van der Waals surface area (Å²) in [6, 6.07) is 0.899. The molecule has 1 unspecified atom stereocenters. The highest BCUT2D eigenvalue weighted by molar-refractivity contribution is 4.99. The van der Waals surface area contributed by atoms with Crippen molar-refractivity contribution in [1.82, 2.24) is 10.2 Å². The molecule has 3 rings (SSSR count). The van der Waals surface area contributed by atoms with Crippen LogP contribution in [0.4, 0.5) is 0 Å². The summed E-state index contributed by atoms with van der Waals surface area (Å²) in [5.41, 5.74) is 0.542. The van der Waals surface area contributed by atoms with Crippen LogP contribution in [0.5, 0.6) is 0 Å². The first-order chi connectivity index (χ1) is 7.77. The van der Waals surface area contributed by atoms with Gasteiger partial charge in [-0.3, -0.25) is 4.90 Å². The monoisotopic (exact) mass is 222 g/mol. The molecular weight excluding hydrogens is 196 g/mol.